The van der Waals surface area contributed by atoms with Gasteiger partial charge < -0.3 is 19.6 Å². The summed E-state index contributed by atoms with van der Waals surface area (Å²) in [4.78, 5) is 32.2. The molecule has 1 amide bonds. The molecule has 1 aliphatic rings. The van der Waals surface area contributed by atoms with E-state index in [9.17, 15) is 14.9 Å². The van der Waals surface area contributed by atoms with Gasteiger partial charge in [0.2, 0.25) is 0 Å². The molecular formula is C21H17ClN4O4. The highest BCUT2D eigenvalue weighted by Gasteiger charge is 2.37. The van der Waals surface area contributed by atoms with E-state index in [0.29, 0.717) is 35.1 Å². The Morgan fingerprint density at radius 2 is 2.17 bits per heavy atom. The molecule has 2 aromatic carbocycles. The summed E-state index contributed by atoms with van der Waals surface area (Å²) in [6.45, 7) is 0.359. The van der Waals surface area contributed by atoms with Gasteiger partial charge in [-0.15, -0.1) is 11.6 Å². The second-order valence-corrected chi connectivity index (χ2v) is 7.56. The van der Waals surface area contributed by atoms with Crippen LogP contribution in [0.4, 0.5) is 11.4 Å². The molecule has 8 nitrogen and oxygen atoms in total. The van der Waals surface area contributed by atoms with E-state index in [-0.39, 0.29) is 17.5 Å². The number of H-pyrrole nitrogens is 2. The Bertz CT molecular complexity index is 1330. The fourth-order valence-corrected chi connectivity index (χ4v) is 4.50. The smallest absolute Gasteiger partial charge is 0.295 e. The maximum atomic E-state index is 13.4. The number of anilines is 1. The third-order valence-electron chi connectivity index (χ3n) is 5.63. The molecule has 0 spiro atoms. The van der Waals surface area contributed by atoms with E-state index in [2.05, 4.69) is 9.97 Å². The van der Waals surface area contributed by atoms with Crippen LogP contribution in [0.2, 0.25) is 0 Å². The maximum absolute atomic E-state index is 13.4. The molecule has 9 heteroatoms. The van der Waals surface area contributed by atoms with Gasteiger partial charge in [0, 0.05) is 46.9 Å². The summed E-state index contributed by atoms with van der Waals surface area (Å²) < 4.78 is 5.25. The van der Waals surface area contributed by atoms with Crippen molar-refractivity contribution in [2.75, 3.05) is 24.4 Å². The number of ether oxygens (including phenoxy) is 1. The van der Waals surface area contributed by atoms with Gasteiger partial charge in [-0.2, -0.15) is 0 Å². The second kappa shape index (κ2) is 6.77. The average Bonchev–Trinajstić information content (AvgIpc) is 3.47. The van der Waals surface area contributed by atoms with Crippen molar-refractivity contribution in [3.63, 3.8) is 0 Å². The largest absolute Gasteiger partial charge is 0.497 e. The van der Waals surface area contributed by atoms with Crippen LogP contribution in [0.1, 0.15) is 22.0 Å². The number of aromatic amines is 2. The van der Waals surface area contributed by atoms with Gasteiger partial charge in [0.15, 0.2) is 0 Å². The van der Waals surface area contributed by atoms with Crippen molar-refractivity contribution < 1.29 is 14.5 Å². The summed E-state index contributed by atoms with van der Waals surface area (Å²) in [5.74, 6) is 0.621. The van der Waals surface area contributed by atoms with E-state index in [4.69, 9.17) is 16.3 Å². The fourth-order valence-electron chi connectivity index (χ4n) is 4.25. The first-order valence-corrected chi connectivity index (χ1v) is 9.88. The Labute approximate surface area is 175 Å². The number of carbonyl (C=O) groups excluding carboxylic acids is 1. The predicted molar refractivity (Wildman–Crippen MR) is 115 cm³/mol. The summed E-state index contributed by atoms with van der Waals surface area (Å²) in [5, 5.41) is 13.2. The summed E-state index contributed by atoms with van der Waals surface area (Å²) in [7, 11) is 1.59. The first kappa shape index (κ1) is 18.5. The number of halogens is 1. The van der Waals surface area contributed by atoms with E-state index in [1.807, 2.05) is 18.2 Å². The third-order valence-corrected chi connectivity index (χ3v) is 6.00. The zero-order valence-electron chi connectivity index (χ0n) is 15.9. The first-order valence-electron chi connectivity index (χ1n) is 9.34. The van der Waals surface area contributed by atoms with Crippen molar-refractivity contribution in [1.82, 2.24) is 9.97 Å². The number of rotatable bonds is 4. The highest BCUT2D eigenvalue weighted by molar-refractivity contribution is 6.19. The Morgan fingerprint density at radius 1 is 1.33 bits per heavy atom. The zero-order valence-corrected chi connectivity index (χ0v) is 16.7. The number of carbonyl (C=O) groups is 1. The zero-order chi connectivity index (χ0) is 21.0. The minimum Gasteiger partial charge on any atom is -0.497 e. The molecule has 5 rings (SSSR count). The van der Waals surface area contributed by atoms with Crippen LogP contribution in [0.5, 0.6) is 5.75 Å². The average molecular weight is 425 g/mol. The van der Waals surface area contributed by atoms with Crippen LogP contribution < -0.4 is 9.64 Å². The topological polar surface area (TPSA) is 104 Å². The Morgan fingerprint density at radius 3 is 2.90 bits per heavy atom. The normalized spacial score (nSPS) is 15.7. The number of non-ortho nitro benzene ring substituents is 1. The number of nitrogens with zero attached hydrogens (tertiary/aromatic N) is 2. The van der Waals surface area contributed by atoms with Crippen LogP contribution in [-0.2, 0) is 0 Å². The Balaban J connectivity index is 1.64. The molecule has 1 atom stereocenters. The number of alkyl halides is 1. The van der Waals surface area contributed by atoms with E-state index >= 15 is 0 Å². The molecule has 2 N–H and O–H groups in total. The molecule has 30 heavy (non-hydrogen) atoms. The lowest BCUT2D eigenvalue weighted by Gasteiger charge is -2.16. The van der Waals surface area contributed by atoms with Gasteiger partial charge in [-0.3, -0.25) is 14.9 Å². The van der Waals surface area contributed by atoms with Crippen LogP contribution in [-0.4, -0.2) is 40.3 Å². The minimum absolute atomic E-state index is 0.0665. The first-order chi connectivity index (χ1) is 14.5. The summed E-state index contributed by atoms with van der Waals surface area (Å²) in [6.07, 6.45) is 1.67. The van der Waals surface area contributed by atoms with Crippen molar-refractivity contribution in [2.24, 2.45) is 0 Å². The molecular weight excluding hydrogens is 408 g/mol. The van der Waals surface area contributed by atoms with Crippen LogP contribution >= 0.6 is 11.6 Å². The number of amides is 1. The molecule has 0 radical (unpaired) electrons. The van der Waals surface area contributed by atoms with E-state index < -0.39 is 4.92 Å². The van der Waals surface area contributed by atoms with E-state index in [1.165, 1.54) is 6.07 Å². The number of hydrogen-bond donors (Lipinski definition) is 2. The molecule has 0 bridgehead atoms. The van der Waals surface area contributed by atoms with Crippen molar-refractivity contribution in [3.05, 3.63) is 64.0 Å². The fraction of sp³-hybridized carbons (Fsp3) is 0.190. The SMILES string of the molecule is COc1ccc2[nH]c(C(=O)N3CC(CCl)c4c3cc([N+](=O)[O-])c3[nH]ccc43)cc2c1. The number of nitro benzene ring substituents is 1. The van der Waals surface area contributed by atoms with Gasteiger partial charge in [-0.1, -0.05) is 0 Å². The number of nitrogens with one attached hydrogen (secondary N) is 2. The van der Waals surface area contributed by atoms with Crippen LogP contribution in [0, 0.1) is 10.1 Å². The van der Waals surface area contributed by atoms with Crippen molar-refractivity contribution in [1.29, 1.82) is 0 Å². The number of methoxy groups -OCH3 is 1. The number of fused-ring (bicyclic) bond motifs is 4. The predicted octanol–water partition coefficient (Wildman–Crippen LogP) is 4.55. The molecule has 1 unspecified atom stereocenters. The molecule has 3 heterocycles. The summed E-state index contributed by atoms with van der Waals surface area (Å²) in [5.41, 5.74) is 2.97. The Kier molecular flexibility index (Phi) is 4.18. The molecule has 4 aromatic rings. The second-order valence-electron chi connectivity index (χ2n) is 7.26. The third kappa shape index (κ3) is 2.64. The number of aromatic nitrogens is 2. The van der Waals surface area contributed by atoms with Gasteiger partial charge >= 0.3 is 0 Å². The maximum Gasteiger partial charge on any atom is 0.295 e. The molecule has 0 fully saturated rings. The van der Waals surface area contributed by atoms with Gasteiger partial charge in [0.1, 0.15) is 17.0 Å². The lowest BCUT2D eigenvalue weighted by molar-refractivity contribution is -0.383. The van der Waals surface area contributed by atoms with Crippen molar-refractivity contribution >= 4 is 50.7 Å². The quantitative estimate of drug-likeness (QED) is 0.285. The molecule has 1 aliphatic heterocycles. The van der Waals surface area contributed by atoms with Crippen LogP contribution in [0.15, 0.2) is 42.6 Å². The van der Waals surface area contributed by atoms with Crippen molar-refractivity contribution in [2.45, 2.75) is 5.92 Å². The lowest BCUT2D eigenvalue weighted by Crippen LogP contribution is -2.30. The van der Waals surface area contributed by atoms with E-state index in [0.717, 1.165) is 21.9 Å². The molecule has 0 saturated heterocycles. The highest BCUT2D eigenvalue weighted by Crippen LogP contribution is 2.45. The summed E-state index contributed by atoms with van der Waals surface area (Å²) in [6, 6.07) is 10.5. The van der Waals surface area contributed by atoms with Gasteiger partial charge in [-0.25, -0.2) is 0 Å². The van der Waals surface area contributed by atoms with Crippen LogP contribution in [0.25, 0.3) is 21.8 Å². The van der Waals surface area contributed by atoms with Gasteiger partial charge in [0.25, 0.3) is 11.6 Å². The number of benzene rings is 2. The monoisotopic (exact) mass is 424 g/mol. The minimum atomic E-state index is -0.439. The molecule has 152 valence electrons. The van der Waals surface area contributed by atoms with E-state index in [1.54, 1.807) is 30.3 Å². The van der Waals surface area contributed by atoms with Gasteiger partial charge in [0.05, 0.1) is 17.7 Å². The van der Waals surface area contributed by atoms with Gasteiger partial charge in [-0.05, 0) is 35.9 Å². The number of nitro groups is 1. The van der Waals surface area contributed by atoms with Crippen LogP contribution in [0.3, 0.4) is 0 Å². The summed E-state index contributed by atoms with van der Waals surface area (Å²) >= 11 is 6.22. The molecule has 0 aliphatic carbocycles. The van der Waals surface area contributed by atoms with Crippen molar-refractivity contribution in [3.8, 4) is 5.75 Å². The Hall–Kier alpha value is -3.52. The lowest BCUT2D eigenvalue weighted by atomic mass is 9.98. The molecule has 0 saturated carbocycles. The number of hydrogen-bond acceptors (Lipinski definition) is 4. The highest BCUT2D eigenvalue weighted by atomic mass is 35.5. The standard InChI is InChI=1S/C21H17ClN4O4/c1-30-13-2-3-15-11(6-13)7-16(24-15)21(27)25-10-12(9-22)19-14-4-5-23-20(14)18(26(28)29)8-17(19)25/h2-8,12,23-24H,9-10H2,1H3. The molecule has 2 aromatic heterocycles.